The second kappa shape index (κ2) is 19.7. The van der Waals surface area contributed by atoms with Crippen molar-refractivity contribution in [2.75, 3.05) is 26.4 Å². The molecule has 16 heteroatoms. The molecule has 0 spiro atoms. The number of nitrogens with one attached hydrogen (secondary N) is 1. The topological polar surface area (TPSA) is 149 Å². The maximum atomic E-state index is 13.5. The molecule has 0 aliphatic carbocycles. The van der Waals surface area contributed by atoms with Crippen molar-refractivity contribution in [3.63, 3.8) is 0 Å². The monoisotopic (exact) mass is 648 g/mol. The number of ether oxygens (including phenoxy) is 2. The van der Waals surface area contributed by atoms with Crippen LogP contribution in [-0.4, -0.2) is 64.4 Å². The van der Waals surface area contributed by atoms with Crippen LogP contribution in [0.4, 0.5) is 17.6 Å². The lowest BCUT2D eigenvalue weighted by molar-refractivity contribution is -0.135. The fraction of sp³-hybridized carbons (Fsp3) is 0.852. The number of aliphatic hydroxyl groups excluding tert-OH is 1. The molecular weight excluding hydrogens is 603 g/mol. The van der Waals surface area contributed by atoms with Gasteiger partial charge in [-0.2, -0.15) is 17.6 Å². The Hall–Kier alpha value is -1.61. The number of hydrogen-bond donors (Lipinski definition) is 3. The fourth-order valence-electron chi connectivity index (χ4n) is 4.70. The minimum absolute atomic E-state index is 0.0849. The van der Waals surface area contributed by atoms with Crippen molar-refractivity contribution in [1.82, 2.24) is 9.55 Å². The van der Waals surface area contributed by atoms with Gasteiger partial charge in [0.05, 0.1) is 32.1 Å². The summed E-state index contributed by atoms with van der Waals surface area (Å²) in [5.41, 5.74) is -2.11. The van der Waals surface area contributed by atoms with E-state index in [2.05, 4.69) is 0 Å². The summed E-state index contributed by atoms with van der Waals surface area (Å²) in [5, 5.41) is 10.1. The molecule has 11 nitrogen and oxygen atoms in total. The van der Waals surface area contributed by atoms with E-state index in [1.807, 2.05) is 0 Å². The van der Waals surface area contributed by atoms with Crippen molar-refractivity contribution < 1.29 is 50.6 Å². The molecule has 2 rings (SSSR count). The summed E-state index contributed by atoms with van der Waals surface area (Å²) < 4.78 is 83.2. The minimum Gasteiger partial charge on any atom is -0.390 e. The molecule has 0 bridgehead atoms. The van der Waals surface area contributed by atoms with Gasteiger partial charge >= 0.3 is 19.7 Å². The lowest BCUT2D eigenvalue weighted by Gasteiger charge is -2.18. The Bertz CT molecular complexity index is 1090. The average molecular weight is 649 g/mol. The highest BCUT2D eigenvalue weighted by Crippen LogP contribution is 2.44. The van der Waals surface area contributed by atoms with Gasteiger partial charge in [0, 0.05) is 19.4 Å². The smallest absolute Gasteiger partial charge is 0.390 e. The zero-order valence-corrected chi connectivity index (χ0v) is 25.3. The Morgan fingerprint density at radius 2 is 1.47 bits per heavy atom. The molecule has 250 valence electrons. The highest BCUT2D eigenvalue weighted by Gasteiger charge is 2.37. The molecule has 0 amide bonds. The van der Waals surface area contributed by atoms with Crippen LogP contribution in [0.3, 0.4) is 0 Å². The Balaban J connectivity index is 1.41. The predicted molar refractivity (Wildman–Crippen MR) is 149 cm³/mol. The quantitative estimate of drug-likeness (QED) is 0.0795. The number of hydrogen-bond acceptors (Lipinski definition) is 8. The van der Waals surface area contributed by atoms with Crippen molar-refractivity contribution in [2.45, 2.75) is 121 Å². The van der Waals surface area contributed by atoms with Gasteiger partial charge in [-0.3, -0.25) is 23.4 Å². The maximum Gasteiger partial charge on any atom is 0.472 e. The number of nitrogens with zero attached hydrogens (tertiary/aromatic N) is 1. The molecule has 1 aromatic rings. The summed E-state index contributed by atoms with van der Waals surface area (Å²) in [7, 11) is -4.47. The number of phosphoric acid groups is 1. The number of H-pyrrole nitrogens is 1. The Labute approximate surface area is 248 Å². The SMILES string of the molecule is O=c1[nH]c(=O)n(C2CC(O)C(COP(=O)(O)OCCOCCCCCCCCCCCCCCCC(F)(F)F)O2)cc1F. The van der Waals surface area contributed by atoms with Crippen LogP contribution in [0.25, 0.3) is 0 Å². The van der Waals surface area contributed by atoms with Crippen molar-refractivity contribution in [1.29, 1.82) is 0 Å². The molecule has 4 unspecified atom stereocenters. The van der Waals surface area contributed by atoms with Gasteiger partial charge in [-0.1, -0.05) is 70.6 Å². The molecule has 1 aliphatic rings. The predicted octanol–water partition coefficient (Wildman–Crippen LogP) is 5.50. The molecule has 1 saturated heterocycles. The van der Waals surface area contributed by atoms with E-state index in [1.54, 1.807) is 4.98 Å². The van der Waals surface area contributed by atoms with Gasteiger partial charge in [-0.05, 0) is 12.8 Å². The minimum atomic E-state index is -4.47. The van der Waals surface area contributed by atoms with Crippen molar-refractivity contribution >= 4 is 7.82 Å². The highest BCUT2D eigenvalue weighted by molar-refractivity contribution is 7.47. The molecule has 43 heavy (non-hydrogen) atoms. The summed E-state index contributed by atoms with van der Waals surface area (Å²) in [6, 6.07) is 0. The van der Waals surface area contributed by atoms with E-state index in [-0.39, 0.29) is 26.1 Å². The van der Waals surface area contributed by atoms with Gasteiger partial charge in [0.25, 0.3) is 5.56 Å². The first-order valence-electron chi connectivity index (χ1n) is 15.0. The third-order valence-corrected chi connectivity index (χ3v) is 8.06. The summed E-state index contributed by atoms with van der Waals surface area (Å²) in [5.74, 6) is -1.20. The van der Waals surface area contributed by atoms with E-state index in [4.69, 9.17) is 18.5 Å². The van der Waals surface area contributed by atoms with E-state index in [1.165, 1.54) is 0 Å². The van der Waals surface area contributed by atoms with Gasteiger partial charge in [0.15, 0.2) is 0 Å². The number of aromatic amines is 1. The average Bonchev–Trinajstić information content (AvgIpc) is 3.30. The number of phosphoric ester groups is 1. The largest absolute Gasteiger partial charge is 0.472 e. The van der Waals surface area contributed by atoms with Crippen molar-refractivity contribution in [3.8, 4) is 0 Å². The van der Waals surface area contributed by atoms with Crippen LogP contribution in [0.5, 0.6) is 0 Å². The van der Waals surface area contributed by atoms with E-state index in [9.17, 15) is 41.7 Å². The molecule has 0 aromatic carbocycles. The van der Waals surface area contributed by atoms with E-state index in [0.29, 0.717) is 19.2 Å². The maximum absolute atomic E-state index is 13.5. The van der Waals surface area contributed by atoms with Crippen LogP contribution in [0.1, 0.15) is 103 Å². The van der Waals surface area contributed by atoms with Crippen LogP contribution in [0.2, 0.25) is 0 Å². The zero-order valence-electron chi connectivity index (χ0n) is 24.4. The number of aromatic nitrogens is 2. The lowest BCUT2D eigenvalue weighted by Crippen LogP contribution is -2.34. The molecule has 0 saturated carbocycles. The fourth-order valence-corrected chi connectivity index (χ4v) is 5.42. The molecule has 3 N–H and O–H groups in total. The van der Waals surface area contributed by atoms with Crippen LogP contribution in [-0.2, 0) is 23.1 Å². The first kappa shape index (κ1) is 37.6. The first-order chi connectivity index (χ1) is 20.4. The van der Waals surface area contributed by atoms with Crippen LogP contribution in [0, 0.1) is 5.82 Å². The van der Waals surface area contributed by atoms with Crippen LogP contribution in [0.15, 0.2) is 15.8 Å². The second-order valence-corrected chi connectivity index (χ2v) is 12.2. The standard InChI is InChI=1S/C27H45F4N2O9P/c28-21-19-33(26(36)32-25(21)35)24-18-22(34)23(42-24)20-41-43(37,38)40-17-16-39-15-13-11-9-7-5-3-1-2-4-6-8-10-12-14-27(29,30)31/h19,22-24,34H,1-18,20H2,(H,37,38)(H,32,35,36). The summed E-state index contributed by atoms with van der Waals surface area (Å²) >= 11 is 0. The molecule has 2 heterocycles. The van der Waals surface area contributed by atoms with Crippen molar-refractivity contribution in [3.05, 3.63) is 32.9 Å². The van der Waals surface area contributed by atoms with Crippen LogP contribution < -0.4 is 11.2 Å². The Morgan fingerprint density at radius 1 is 0.907 bits per heavy atom. The molecular formula is C27H45F4N2O9P. The molecule has 4 atom stereocenters. The number of aliphatic hydroxyl groups is 1. The van der Waals surface area contributed by atoms with E-state index >= 15 is 0 Å². The zero-order chi connectivity index (χ0) is 31.7. The van der Waals surface area contributed by atoms with E-state index < -0.39 is 62.5 Å². The summed E-state index contributed by atoms with van der Waals surface area (Å²) in [4.78, 5) is 34.7. The lowest BCUT2D eigenvalue weighted by atomic mass is 10.0. The summed E-state index contributed by atoms with van der Waals surface area (Å²) in [6.07, 6.45) is 4.92. The van der Waals surface area contributed by atoms with Gasteiger partial charge in [0.2, 0.25) is 5.82 Å². The Kier molecular flexibility index (Phi) is 17.2. The van der Waals surface area contributed by atoms with Crippen molar-refractivity contribution in [2.24, 2.45) is 0 Å². The molecule has 1 fully saturated rings. The number of alkyl halides is 3. The highest BCUT2D eigenvalue weighted by atomic mass is 31.2. The molecule has 1 aromatic heterocycles. The van der Waals surface area contributed by atoms with Gasteiger partial charge in [-0.15, -0.1) is 0 Å². The Morgan fingerprint density at radius 3 is 2.05 bits per heavy atom. The summed E-state index contributed by atoms with van der Waals surface area (Å²) in [6.45, 7) is -0.149. The third kappa shape index (κ3) is 16.3. The number of halogens is 4. The number of unbranched alkanes of at least 4 members (excludes halogenated alkanes) is 12. The first-order valence-corrected chi connectivity index (χ1v) is 16.5. The van der Waals surface area contributed by atoms with E-state index in [0.717, 1.165) is 75.2 Å². The van der Waals surface area contributed by atoms with Gasteiger partial charge in [-0.25, -0.2) is 9.36 Å². The third-order valence-electron chi connectivity index (χ3n) is 7.07. The normalized spacial score (nSPS) is 20.5. The van der Waals surface area contributed by atoms with Gasteiger partial charge < -0.3 is 19.5 Å². The van der Waals surface area contributed by atoms with Gasteiger partial charge in [0.1, 0.15) is 12.3 Å². The van der Waals surface area contributed by atoms with Crippen LogP contribution >= 0.6 is 7.82 Å². The molecule has 0 radical (unpaired) electrons. The molecule has 1 aliphatic heterocycles. The number of rotatable bonds is 23. The second-order valence-electron chi connectivity index (χ2n) is 10.7.